The minimum absolute atomic E-state index is 0.206. The highest BCUT2D eigenvalue weighted by Gasteiger charge is 2.26. The maximum absolute atomic E-state index is 12.8. The molecule has 4 rings (SSSR count). The van der Waals surface area contributed by atoms with E-state index in [4.69, 9.17) is 23.2 Å². The molecule has 2 aromatic carbocycles. The number of hydrogen-bond acceptors (Lipinski definition) is 2. The highest BCUT2D eigenvalue weighted by molar-refractivity contribution is 6.33. The van der Waals surface area contributed by atoms with Crippen LogP contribution >= 0.6 is 23.2 Å². The van der Waals surface area contributed by atoms with Crippen LogP contribution in [0.5, 0.6) is 0 Å². The van der Waals surface area contributed by atoms with Crippen LogP contribution in [0.2, 0.25) is 10.0 Å². The molecule has 6 heteroatoms. The van der Waals surface area contributed by atoms with Crippen molar-refractivity contribution in [3.05, 3.63) is 86.9 Å². The molecule has 0 aliphatic carbocycles. The zero-order valence-corrected chi connectivity index (χ0v) is 19.5. The number of rotatable bonds is 5. The van der Waals surface area contributed by atoms with Gasteiger partial charge in [0.2, 0.25) is 5.91 Å². The van der Waals surface area contributed by atoms with E-state index in [0.29, 0.717) is 28.9 Å². The van der Waals surface area contributed by atoms with Gasteiger partial charge in [-0.05, 0) is 56.0 Å². The summed E-state index contributed by atoms with van der Waals surface area (Å²) in [6.45, 7) is 6.31. The van der Waals surface area contributed by atoms with Crippen LogP contribution in [0, 0.1) is 13.8 Å². The van der Waals surface area contributed by atoms with Crippen LogP contribution in [-0.4, -0.2) is 33.4 Å². The summed E-state index contributed by atoms with van der Waals surface area (Å²) in [6, 6.07) is 11.9. The number of hydrogen-bond donors (Lipinski definition) is 0. The molecule has 0 radical (unpaired) electrons. The largest absolute Gasteiger partial charge is 0.342 e. The van der Waals surface area contributed by atoms with Gasteiger partial charge in [0.15, 0.2) is 0 Å². The fourth-order valence-corrected chi connectivity index (χ4v) is 4.88. The van der Waals surface area contributed by atoms with Crippen LogP contribution in [0.15, 0.2) is 48.8 Å². The van der Waals surface area contributed by atoms with E-state index in [1.54, 1.807) is 6.07 Å². The van der Waals surface area contributed by atoms with Gasteiger partial charge < -0.3 is 9.47 Å². The number of piperidine rings is 1. The Labute approximate surface area is 193 Å². The van der Waals surface area contributed by atoms with E-state index < -0.39 is 0 Å². The quantitative estimate of drug-likeness (QED) is 0.487. The predicted octanol–water partition coefficient (Wildman–Crippen LogP) is 5.80. The second-order valence-electron chi connectivity index (χ2n) is 8.48. The van der Waals surface area contributed by atoms with E-state index in [1.807, 2.05) is 29.4 Å². The van der Waals surface area contributed by atoms with E-state index in [-0.39, 0.29) is 5.91 Å². The first-order valence-corrected chi connectivity index (χ1v) is 11.4. The molecule has 1 aliphatic rings. The number of carbonyl (C=O) groups is 1. The zero-order valence-electron chi connectivity index (χ0n) is 17.9. The number of amides is 1. The van der Waals surface area contributed by atoms with E-state index in [2.05, 4.69) is 41.6 Å². The summed E-state index contributed by atoms with van der Waals surface area (Å²) in [5.74, 6) is 1.59. The van der Waals surface area contributed by atoms with Gasteiger partial charge in [0.05, 0.1) is 13.0 Å². The number of halogens is 2. The van der Waals surface area contributed by atoms with Crippen LogP contribution in [0.4, 0.5) is 0 Å². The first-order chi connectivity index (χ1) is 14.9. The lowest BCUT2D eigenvalue weighted by Crippen LogP contribution is -2.39. The maximum atomic E-state index is 12.8. The second kappa shape index (κ2) is 9.46. The molecule has 1 fully saturated rings. The van der Waals surface area contributed by atoms with Gasteiger partial charge in [-0.3, -0.25) is 4.79 Å². The van der Waals surface area contributed by atoms with Gasteiger partial charge in [-0.25, -0.2) is 4.98 Å². The average Bonchev–Trinajstić information content (AvgIpc) is 3.18. The third kappa shape index (κ3) is 5.31. The summed E-state index contributed by atoms with van der Waals surface area (Å²) in [5.41, 5.74) is 4.48. The Morgan fingerprint density at radius 3 is 2.48 bits per heavy atom. The first-order valence-electron chi connectivity index (χ1n) is 10.7. The molecule has 1 aliphatic heterocycles. The standard InChI is InChI=1S/C25H27Cl2N3O/c1-17-11-18(2)13-19(12-17)14-24(31)29-8-5-20(6-9-29)25-28-7-10-30(25)16-21-15-22(26)3-4-23(21)27/h3-4,7,10-13,15,20H,5-6,8-9,14,16H2,1-2H3. The molecule has 0 unspecified atom stereocenters. The molecule has 0 spiro atoms. The fraction of sp³-hybridized carbons (Fsp3) is 0.360. The van der Waals surface area contributed by atoms with E-state index in [0.717, 1.165) is 42.9 Å². The molecule has 0 N–H and O–H groups in total. The lowest BCUT2D eigenvalue weighted by molar-refractivity contribution is -0.131. The van der Waals surface area contributed by atoms with Crippen molar-refractivity contribution in [2.24, 2.45) is 0 Å². The number of benzene rings is 2. The van der Waals surface area contributed by atoms with Gasteiger partial charge in [0, 0.05) is 41.4 Å². The number of nitrogens with zero attached hydrogens (tertiary/aromatic N) is 3. The van der Waals surface area contributed by atoms with E-state index in [9.17, 15) is 4.79 Å². The lowest BCUT2D eigenvalue weighted by atomic mass is 9.95. The summed E-state index contributed by atoms with van der Waals surface area (Å²) < 4.78 is 2.15. The number of likely N-dealkylation sites (tertiary alicyclic amines) is 1. The van der Waals surface area contributed by atoms with E-state index in [1.165, 1.54) is 11.1 Å². The molecule has 3 aromatic rings. The monoisotopic (exact) mass is 455 g/mol. The minimum Gasteiger partial charge on any atom is -0.342 e. The molecular formula is C25H27Cl2N3O. The molecule has 0 saturated carbocycles. The highest BCUT2D eigenvalue weighted by Crippen LogP contribution is 2.29. The third-order valence-electron chi connectivity index (χ3n) is 5.95. The van der Waals surface area contributed by atoms with Crippen molar-refractivity contribution in [3.8, 4) is 0 Å². The average molecular weight is 456 g/mol. The molecule has 1 amide bonds. The van der Waals surface area contributed by atoms with Gasteiger partial charge in [0.1, 0.15) is 5.82 Å². The fourth-order valence-electron chi connectivity index (χ4n) is 4.51. The molecule has 4 nitrogen and oxygen atoms in total. The minimum atomic E-state index is 0.206. The number of aromatic nitrogens is 2. The smallest absolute Gasteiger partial charge is 0.226 e. The Morgan fingerprint density at radius 1 is 1.06 bits per heavy atom. The summed E-state index contributed by atoms with van der Waals surface area (Å²) in [7, 11) is 0. The van der Waals surface area contributed by atoms with Gasteiger partial charge in [0.25, 0.3) is 0 Å². The van der Waals surface area contributed by atoms with Crippen LogP contribution in [-0.2, 0) is 17.8 Å². The molecular weight excluding hydrogens is 429 g/mol. The van der Waals surface area contributed by atoms with Crippen molar-refractivity contribution in [3.63, 3.8) is 0 Å². The predicted molar refractivity (Wildman–Crippen MR) is 126 cm³/mol. The van der Waals surface area contributed by atoms with Gasteiger partial charge >= 0.3 is 0 Å². The molecule has 2 heterocycles. The summed E-state index contributed by atoms with van der Waals surface area (Å²) in [6.07, 6.45) is 6.13. The third-order valence-corrected chi connectivity index (χ3v) is 6.55. The molecule has 31 heavy (non-hydrogen) atoms. The normalized spacial score (nSPS) is 14.8. The first kappa shape index (κ1) is 21.9. The van der Waals surface area contributed by atoms with Crippen molar-refractivity contribution in [1.29, 1.82) is 0 Å². The molecule has 0 bridgehead atoms. The van der Waals surface area contributed by atoms with Crippen LogP contribution in [0.25, 0.3) is 0 Å². The number of aryl methyl sites for hydroxylation is 2. The van der Waals surface area contributed by atoms with Crippen LogP contribution in [0.3, 0.4) is 0 Å². The van der Waals surface area contributed by atoms with Crippen LogP contribution < -0.4 is 0 Å². The lowest BCUT2D eigenvalue weighted by Gasteiger charge is -2.32. The van der Waals surface area contributed by atoms with Gasteiger partial charge in [-0.2, -0.15) is 0 Å². The van der Waals surface area contributed by atoms with Crippen molar-refractivity contribution in [2.75, 3.05) is 13.1 Å². The zero-order chi connectivity index (χ0) is 22.0. The van der Waals surface area contributed by atoms with Crippen molar-refractivity contribution in [2.45, 2.75) is 45.6 Å². The highest BCUT2D eigenvalue weighted by atomic mass is 35.5. The topological polar surface area (TPSA) is 38.1 Å². The number of imidazole rings is 1. The Hall–Kier alpha value is -2.30. The Morgan fingerprint density at radius 2 is 1.77 bits per heavy atom. The van der Waals surface area contributed by atoms with Crippen molar-refractivity contribution >= 4 is 29.1 Å². The van der Waals surface area contributed by atoms with E-state index >= 15 is 0 Å². The second-order valence-corrected chi connectivity index (χ2v) is 9.32. The molecule has 1 saturated heterocycles. The van der Waals surface area contributed by atoms with Gasteiger partial charge in [-0.15, -0.1) is 0 Å². The summed E-state index contributed by atoms with van der Waals surface area (Å²) in [4.78, 5) is 19.5. The molecule has 1 aromatic heterocycles. The number of carbonyl (C=O) groups excluding carboxylic acids is 1. The summed E-state index contributed by atoms with van der Waals surface area (Å²) in [5, 5.41) is 1.38. The summed E-state index contributed by atoms with van der Waals surface area (Å²) >= 11 is 12.5. The SMILES string of the molecule is Cc1cc(C)cc(CC(=O)N2CCC(c3nccn3Cc3cc(Cl)ccc3Cl)CC2)c1. The van der Waals surface area contributed by atoms with Gasteiger partial charge in [-0.1, -0.05) is 52.5 Å². The van der Waals surface area contributed by atoms with Crippen LogP contribution in [0.1, 0.15) is 46.8 Å². The van der Waals surface area contributed by atoms with Crippen molar-refractivity contribution in [1.82, 2.24) is 14.5 Å². The Bertz CT molecular complexity index is 1060. The van der Waals surface area contributed by atoms with Crippen molar-refractivity contribution < 1.29 is 4.79 Å². The molecule has 162 valence electrons. The Balaban J connectivity index is 1.39. The molecule has 0 atom stereocenters. The maximum Gasteiger partial charge on any atom is 0.226 e. The Kier molecular flexibility index (Phi) is 6.68.